The summed E-state index contributed by atoms with van der Waals surface area (Å²) in [5, 5.41) is 0. The van der Waals surface area contributed by atoms with Crippen LogP contribution in [-0.2, 0) is 6.42 Å². The van der Waals surface area contributed by atoms with Crippen LogP contribution in [-0.4, -0.2) is 0 Å². The average molecular weight is 378 g/mol. The molecule has 2 rings (SSSR count). The molecule has 0 spiro atoms. The lowest BCUT2D eigenvalue weighted by molar-refractivity contribution is 0.499. The van der Waals surface area contributed by atoms with Crippen molar-refractivity contribution in [2.24, 2.45) is 5.84 Å². The van der Waals surface area contributed by atoms with E-state index in [4.69, 9.17) is 10.3 Å². The van der Waals surface area contributed by atoms with Gasteiger partial charge in [-0.2, -0.15) is 0 Å². The van der Waals surface area contributed by atoms with Gasteiger partial charge in [0.05, 0.1) is 12.3 Å². The molecule has 3 N–H and O–H groups in total. The quantitative estimate of drug-likeness (QED) is 0.631. The van der Waals surface area contributed by atoms with Crippen molar-refractivity contribution in [1.29, 1.82) is 0 Å². The van der Waals surface area contributed by atoms with Gasteiger partial charge in [0.25, 0.3) is 0 Å². The summed E-state index contributed by atoms with van der Waals surface area (Å²) in [6, 6.07) is 6.41. The maximum atomic E-state index is 13.7. The fourth-order valence-corrected chi connectivity index (χ4v) is 2.66. The van der Waals surface area contributed by atoms with E-state index in [0.29, 0.717) is 16.7 Å². The van der Waals surface area contributed by atoms with Gasteiger partial charge in [-0.05, 0) is 52.2 Å². The first-order valence-corrected chi connectivity index (χ1v) is 6.83. The summed E-state index contributed by atoms with van der Waals surface area (Å²) in [4.78, 5) is 0. The maximum Gasteiger partial charge on any atom is 0.173 e. The molecule has 0 aliphatic carbocycles. The first kappa shape index (κ1) is 13.7. The second-order valence-electron chi connectivity index (χ2n) is 3.81. The summed E-state index contributed by atoms with van der Waals surface area (Å²) >= 11 is 6.61. The zero-order chi connectivity index (χ0) is 13.1. The number of nitrogens with one attached hydrogen (secondary N) is 1. The minimum atomic E-state index is -0.252. The van der Waals surface area contributed by atoms with Crippen LogP contribution in [0.25, 0.3) is 0 Å². The lowest BCUT2D eigenvalue weighted by Gasteiger charge is -2.15. The molecule has 0 radical (unpaired) electrons. The Morgan fingerprint density at radius 1 is 1.33 bits per heavy atom. The molecule has 1 atom stereocenters. The number of nitrogens with two attached hydrogens (primary N) is 1. The van der Waals surface area contributed by atoms with Crippen molar-refractivity contribution >= 4 is 31.9 Å². The monoisotopic (exact) mass is 376 g/mol. The largest absolute Gasteiger partial charge is 0.457 e. The van der Waals surface area contributed by atoms with Crippen LogP contribution in [0.4, 0.5) is 4.39 Å². The Morgan fingerprint density at radius 2 is 2.11 bits per heavy atom. The molecular formula is C12H11Br2FN2O. The van der Waals surface area contributed by atoms with Crippen molar-refractivity contribution in [3.05, 3.63) is 56.6 Å². The Bertz CT molecular complexity index is 545. The number of furan rings is 1. The number of hydrogen-bond donors (Lipinski definition) is 2. The number of hydrazine groups is 1. The van der Waals surface area contributed by atoms with Crippen LogP contribution in [0.3, 0.4) is 0 Å². The first-order chi connectivity index (χ1) is 8.61. The maximum absolute atomic E-state index is 13.7. The van der Waals surface area contributed by atoms with Gasteiger partial charge in [-0.15, -0.1) is 0 Å². The molecule has 0 aliphatic rings. The van der Waals surface area contributed by atoms with Crippen molar-refractivity contribution in [3.63, 3.8) is 0 Å². The summed E-state index contributed by atoms with van der Waals surface area (Å²) in [6.45, 7) is 0. The predicted octanol–water partition coefficient (Wildman–Crippen LogP) is 3.69. The van der Waals surface area contributed by atoms with E-state index >= 15 is 0 Å². The van der Waals surface area contributed by atoms with E-state index in [9.17, 15) is 4.39 Å². The van der Waals surface area contributed by atoms with Gasteiger partial charge < -0.3 is 4.42 Å². The van der Waals surface area contributed by atoms with Crippen molar-refractivity contribution < 1.29 is 8.81 Å². The molecule has 0 amide bonds. The fourth-order valence-electron chi connectivity index (χ4n) is 1.73. The van der Waals surface area contributed by atoms with Crippen LogP contribution in [0, 0.1) is 5.82 Å². The molecule has 0 saturated heterocycles. The van der Waals surface area contributed by atoms with Crippen molar-refractivity contribution in [2.45, 2.75) is 12.5 Å². The van der Waals surface area contributed by atoms with E-state index in [2.05, 4.69) is 37.3 Å². The molecule has 0 fully saturated rings. The van der Waals surface area contributed by atoms with Gasteiger partial charge in [0.15, 0.2) is 4.67 Å². The summed E-state index contributed by atoms with van der Waals surface area (Å²) < 4.78 is 20.3. The highest BCUT2D eigenvalue weighted by atomic mass is 79.9. The fraction of sp³-hybridized carbons (Fsp3) is 0.167. The van der Waals surface area contributed by atoms with Crippen LogP contribution in [0.15, 0.2) is 44.1 Å². The zero-order valence-electron chi connectivity index (χ0n) is 9.29. The van der Waals surface area contributed by atoms with Crippen LogP contribution in [0.2, 0.25) is 0 Å². The smallest absolute Gasteiger partial charge is 0.173 e. The van der Waals surface area contributed by atoms with Crippen LogP contribution in [0.1, 0.15) is 17.2 Å². The van der Waals surface area contributed by atoms with Gasteiger partial charge in [-0.1, -0.05) is 15.9 Å². The van der Waals surface area contributed by atoms with Crippen LogP contribution < -0.4 is 11.3 Å². The Labute approximate surface area is 121 Å². The lowest BCUT2D eigenvalue weighted by atomic mass is 10.0. The Hall–Kier alpha value is -0.690. The molecule has 1 aromatic heterocycles. The van der Waals surface area contributed by atoms with E-state index < -0.39 is 0 Å². The molecule has 3 nitrogen and oxygen atoms in total. The van der Waals surface area contributed by atoms with Gasteiger partial charge in [0, 0.05) is 10.0 Å². The van der Waals surface area contributed by atoms with Gasteiger partial charge in [-0.3, -0.25) is 11.3 Å². The third-order valence-electron chi connectivity index (χ3n) is 2.65. The van der Waals surface area contributed by atoms with Crippen molar-refractivity contribution in [2.75, 3.05) is 0 Å². The predicted molar refractivity (Wildman–Crippen MR) is 74.3 cm³/mol. The van der Waals surface area contributed by atoms with Crippen LogP contribution >= 0.6 is 31.9 Å². The highest BCUT2D eigenvalue weighted by Crippen LogP contribution is 2.28. The molecular weight excluding hydrogens is 367 g/mol. The molecule has 18 heavy (non-hydrogen) atoms. The summed E-state index contributed by atoms with van der Waals surface area (Å²) in [5.41, 5.74) is 4.11. The molecule has 0 aliphatic heterocycles. The van der Waals surface area contributed by atoms with E-state index in [-0.39, 0.29) is 11.9 Å². The normalized spacial score (nSPS) is 12.7. The molecule has 2 aromatic rings. The molecule has 0 bridgehead atoms. The van der Waals surface area contributed by atoms with Crippen molar-refractivity contribution in [1.82, 2.24) is 5.43 Å². The van der Waals surface area contributed by atoms with Gasteiger partial charge in [-0.25, -0.2) is 4.39 Å². The van der Waals surface area contributed by atoms with Gasteiger partial charge >= 0.3 is 0 Å². The molecule has 96 valence electrons. The Kier molecular flexibility index (Phi) is 4.55. The third-order valence-corrected chi connectivity index (χ3v) is 3.79. The number of halogens is 3. The minimum absolute atomic E-state index is 0.220. The summed E-state index contributed by atoms with van der Waals surface area (Å²) in [7, 11) is 0. The standard InChI is InChI=1S/C12H11Br2FN2O/c13-8-1-2-10(15)7(5-8)6-11(17-16)9-3-4-18-12(9)14/h1-5,11,17H,6,16H2. The average Bonchev–Trinajstić information content (AvgIpc) is 2.77. The van der Waals surface area contributed by atoms with E-state index in [1.54, 1.807) is 24.5 Å². The second kappa shape index (κ2) is 5.97. The lowest BCUT2D eigenvalue weighted by Crippen LogP contribution is -2.29. The highest BCUT2D eigenvalue weighted by Gasteiger charge is 2.17. The van der Waals surface area contributed by atoms with E-state index in [1.807, 2.05) is 0 Å². The number of hydrogen-bond acceptors (Lipinski definition) is 3. The van der Waals surface area contributed by atoms with Gasteiger partial charge in [0.1, 0.15) is 5.82 Å². The van der Waals surface area contributed by atoms with Crippen molar-refractivity contribution in [3.8, 4) is 0 Å². The molecule has 1 aromatic carbocycles. The zero-order valence-corrected chi connectivity index (χ0v) is 12.5. The Morgan fingerprint density at radius 3 is 2.72 bits per heavy atom. The third kappa shape index (κ3) is 3.00. The SMILES string of the molecule is NNC(Cc1cc(Br)ccc1F)c1ccoc1Br. The van der Waals surface area contributed by atoms with E-state index in [0.717, 1.165) is 10.0 Å². The first-order valence-electron chi connectivity index (χ1n) is 5.24. The number of benzene rings is 1. The van der Waals surface area contributed by atoms with E-state index in [1.165, 1.54) is 6.07 Å². The van der Waals surface area contributed by atoms with Crippen LogP contribution in [0.5, 0.6) is 0 Å². The topological polar surface area (TPSA) is 51.2 Å². The second-order valence-corrected chi connectivity index (χ2v) is 5.44. The summed E-state index contributed by atoms with van der Waals surface area (Å²) in [5.74, 6) is 5.27. The molecule has 1 unspecified atom stereocenters. The summed E-state index contributed by atoms with van der Waals surface area (Å²) in [6.07, 6.45) is 1.99. The highest BCUT2D eigenvalue weighted by molar-refractivity contribution is 9.10. The number of rotatable bonds is 4. The molecule has 0 saturated carbocycles. The van der Waals surface area contributed by atoms with Gasteiger partial charge in [0.2, 0.25) is 0 Å². The Balaban J connectivity index is 2.26. The minimum Gasteiger partial charge on any atom is -0.457 e. The molecule has 1 heterocycles. The molecule has 6 heteroatoms.